The number of hydrogen-bond acceptors (Lipinski definition) is 9. The largest absolute Gasteiger partial charge is 0.484 e. The number of thiol groups is 1. The van der Waals surface area contributed by atoms with Gasteiger partial charge in [0.1, 0.15) is 11.8 Å². The number of nitrogens with two attached hydrogens (primary N) is 1. The molecule has 2 amide bonds. The first kappa shape index (κ1) is 49.6. The Bertz CT molecular complexity index is 1530. The van der Waals surface area contributed by atoms with Crippen molar-refractivity contribution in [2.75, 3.05) is 46.6 Å². The van der Waals surface area contributed by atoms with Crippen molar-refractivity contribution in [3.63, 3.8) is 0 Å². The molecule has 0 saturated carbocycles. The van der Waals surface area contributed by atoms with Crippen LogP contribution in [0.4, 0.5) is 0 Å². The van der Waals surface area contributed by atoms with Gasteiger partial charge in [0, 0.05) is 30.3 Å². The number of carboxylic acid groups (broad SMARTS) is 2. The molecule has 0 radical (unpaired) electrons. The van der Waals surface area contributed by atoms with Gasteiger partial charge in [0.15, 0.2) is 6.61 Å². The maximum absolute atomic E-state index is 11.7. The molecule has 3 rings (SSSR count). The molecule has 0 heterocycles. The minimum Gasteiger partial charge on any atom is -0.484 e. The first-order valence-corrected chi connectivity index (χ1v) is 19.8. The summed E-state index contributed by atoms with van der Waals surface area (Å²) in [6.45, 7) is 7.33. The topological polar surface area (TPSA) is 175 Å². The molecule has 6 N–H and O–H groups in total. The lowest BCUT2D eigenvalue weighted by atomic mass is 10.1. The Hall–Kier alpha value is -4.43. The van der Waals surface area contributed by atoms with E-state index in [1.54, 1.807) is 0 Å². The van der Waals surface area contributed by atoms with Crippen molar-refractivity contribution in [2.24, 2.45) is 5.73 Å². The number of rotatable bonds is 23. The minimum atomic E-state index is -0.787. The third-order valence-corrected chi connectivity index (χ3v) is 9.59. The molecule has 0 saturated heterocycles. The number of hydrogen-bond donors (Lipinski definition) is 6. The fourth-order valence-corrected chi connectivity index (χ4v) is 5.67. The van der Waals surface area contributed by atoms with Gasteiger partial charge in [-0.1, -0.05) is 79.2 Å². The van der Waals surface area contributed by atoms with Crippen molar-refractivity contribution in [2.45, 2.75) is 89.9 Å². The fraction of sp³-hybridized carbons (Fsp3) is 0.488. The van der Waals surface area contributed by atoms with Crippen molar-refractivity contribution in [3.8, 4) is 5.75 Å². The summed E-state index contributed by atoms with van der Waals surface area (Å²) in [4.78, 5) is 47.8. The van der Waals surface area contributed by atoms with Gasteiger partial charge in [-0.15, -0.1) is 0 Å². The normalized spacial score (nSPS) is 12.9. The fourth-order valence-electron chi connectivity index (χ4n) is 5.39. The zero-order chi connectivity index (χ0) is 41.9. The number of nitrogens with one attached hydrogen (secondary N) is 2. The molecule has 4 atom stereocenters. The SMILES string of the molecule is CN[C@@H](C)Cc1ccc(OCC(=O)N[C@@H](CS)C(N)=O)cc1.C[C@@H](Cc1ccccc1)N(C)CC(=O)O.C[C@@H](Cc1ccccc1)N(C)CCCCCC(=O)O. The molecule has 56 heavy (non-hydrogen) atoms. The summed E-state index contributed by atoms with van der Waals surface area (Å²) in [6, 6.07) is 28.5. The number of unbranched alkanes of at least 4 members (excludes halogenated alkanes) is 2. The Balaban J connectivity index is 0.000000427. The van der Waals surface area contributed by atoms with Gasteiger partial charge >= 0.3 is 11.9 Å². The van der Waals surface area contributed by atoms with Gasteiger partial charge in [-0.3, -0.25) is 24.1 Å². The number of carboxylic acids is 2. The average Bonchev–Trinajstić information content (AvgIpc) is 3.17. The zero-order valence-electron chi connectivity index (χ0n) is 34.0. The summed E-state index contributed by atoms with van der Waals surface area (Å²) in [5.41, 5.74) is 8.91. The van der Waals surface area contributed by atoms with Crippen molar-refractivity contribution < 1.29 is 34.1 Å². The lowest BCUT2D eigenvalue weighted by Crippen LogP contribution is -2.47. The van der Waals surface area contributed by atoms with Crippen LogP contribution in [0.5, 0.6) is 5.75 Å². The lowest BCUT2D eigenvalue weighted by molar-refractivity contribution is -0.139. The molecule has 0 aromatic heterocycles. The molecule has 0 spiro atoms. The lowest BCUT2D eigenvalue weighted by Gasteiger charge is -2.24. The van der Waals surface area contributed by atoms with E-state index in [2.05, 4.69) is 85.5 Å². The quantitative estimate of drug-likeness (QED) is 0.0570. The summed E-state index contributed by atoms with van der Waals surface area (Å²) < 4.78 is 5.37. The molecule has 12 nitrogen and oxygen atoms in total. The Morgan fingerprint density at radius 2 is 1.25 bits per heavy atom. The van der Waals surface area contributed by atoms with Gasteiger partial charge in [0.25, 0.3) is 5.91 Å². The third-order valence-electron chi connectivity index (χ3n) is 9.23. The Morgan fingerprint density at radius 1 is 0.732 bits per heavy atom. The molecule has 3 aromatic carbocycles. The van der Waals surface area contributed by atoms with Crippen LogP contribution in [0.15, 0.2) is 84.9 Å². The van der Waals surface area contributed by atoms with E-state index >= 15 is 0 Å². The molecule has 3 aromatic rings. The number of likely N-dealkylation sites (N-methyl/N-ethyl adjacent to an activating group) is 3. The minimum absolute atomic E-state index is 0.0913. The zero-order valence-corrected chi connectivity index (χ0v) is 34.9. The number of carbonyl (C=O) groups excluding carboxylic acids is 2. The van der Waals surface area contributed by atoms with Crippen LogP contribution in [-0.2, 0) is 38.4 Å². The number of benzene rings is 3. The highest BCUT2D eigenvalue weighted by atomic mass is 32.1. The number of primary amides is 1. The van der Waals surface area contributed by atoms with Crippen LogP contribution >= 0.6 is 12.6 Å². The van der Waals surface area contributed by atoms with Crippen LogP contribution in [0.25, 0.3) is 0 Å². The highest BCUT2D eigenvalue weighted by Gasteiger charge is 2.16. The first-order valence-electron chi connectivity index (χ1n) is 19.1. The number of aliphatic carboxylic acids is 2. The van der Waals surface area contributed by atoms with E-state index in [1.807, 2.05) is 74.4 Å². The van der Waals surface area contributed by atoms with Crippen LogP contribution < -0.4 is 21.1 Å². The second kappa shape index (κ2) is 28.9. The molecule has 0 fully saturated rings. The molecule has 310 valence electrons. The number of carbonyl (C=O) groups is 4. The maximum atomic E-state index is 11.7. The second-order valence-electron chi connectivity index (χ2n) is 14.1. The predicted molar refractivity (Wildman–Crippen MR) is 227 cm³/mol. The molecule has 0 aliphatic heterocycles. The number of nitrogens with zero attached hydrogens (tertiary/aromatic N) is 2. The van der Waals surface area contributed by atoms with E-state index in [-0.39, 0.29) is 24.9 Å². The Labute approximate surface area is 339 Å². The summed E-state index contributed by atoms with van der Waals surface area (Å²) in [6.07, 6.45) is 6.01. The van der Waals surface area contributed by atoms with Crippen molar-refractivity contribution >= 4 is 36.4 Å². The van der Waals surface area contributed by atoms with E-state index in [9.17, 15) is 19.2 Å². The van der Waals surface area contributed by atoms with Gasteiger partial charge in [-0.25, -0.2) is 0 Å². The highest BCUT2D eigenvalue weighted by molar-refractivity contribution is 7.80. The molecule has 0 aliphatic carbocycles. The van der Waals surface area contributed by atoms with Gasteiger partial charge in [-0.2, -0.15) is 12.6 Å². The number of ether oxygens (including phenoxy) is 1. The Morgan fingerprint density at radius 3 is 1.71 bits per heavy atom. The highest BCUT2D eigenvalue weighted by Crippen LogP contribution is 2.14. The number of amides is 2. The van der Waals surface area contributed by atoms with Gasteiger partial charge in [-0.05, 0) is 109 Å². The second-order valence-corrected chi connectivity index (χ2v) is 14.5. The summed E-state index contributed by atoms with van der Waals surface area (Å²) in [5, 5.41) is 22.9. The van der Waals surface area contributed by atoms with Gasteiger partial charge in [0.2, 0.25) is 5.91 Å². The van der Waals surface area contributed by atoms with E-state index < -0.39 is 29.8 Å². The van der Waals surface area contributed by atoms with E-state index in [1.165, 1.54) is 16.7 Å². The van der Waals surface area contributed by atoms with Crippen molar-refractivity contribution in [1.29, 1.82) is 0 Å². The maximum Gasteiger partial charge on any atom is 0.317 e. The third kappa shape index (κ3) is 23.5. The monoisotopic (exact) mass is 795 g/mol. The average molecular weight is 796 g/mol. The van der Waals surface area contributed by atoms with Crippen LogP contribution in [0, 0.1) is 0 Å². The molecular formula is C43H65N5O7S. The van der Waals surface area contributed by atoms with E-state index in [0.29, 0.717) is 24.3 Å². The van der Waals surface area contributed by atoms with Crippen molar-refractivity contribution in [3.05, 3.63) is 102 Å². The summed E-state index contributed by atoms with van der Waals surface area (Å²) >= 11 is 3.95. The summed E-state index contributed by atoms with van der Waals surface area (Å²) in [5.74, 6) is -1.75. The van der Waals surface area contributed by atoms with Crippen LogP contribution in [0.2, 0.25) is 0 Å². The van der Waals surface area contributed by atoms with Gasteiger partial charge in [0.05, 0.1) is 6.54 Å². The summed E-state index contributed by atoms with van der Waals surface area (Å²) in [7, 11) is 5.90. The predicted octanol–water partition coefficient (Wildman–Crippen LogP) is 4.94. The molecule has 0 unspecified atom stereocenters. The van der Waals surface area contributed by atoms with Crippen molar-refractivity contribution in [1.82, 2.24) is 20.4 Å². The first-order chi connectivity index (χ1) is 26.6. The van der Waals surface area contributed by atoms with Crippen LogP contribution in [0.3, 0.4) is 0 Å². The molecule has 0 bridgehead atoms. The van der Waals surface area contributed by atoms with Crippen LogP contribution in [-0.4, -0.2) is 115 Å². The van der Waals surface area contributed by atoms with Crippen LogP contribution in [0.1, 0.15) is 63.1 Å². The molecule has 13 heteroatoms. The van der Waals surface area contributed by atoms with E-state index in [4.69, 9.17) is 20.7 Å². The van der Waals surface area contributed by atoms with Gasteiger partial charge < -0.3 is 36.2 Å². The molecular weight excluding hydrogens is 731 g/mol. The van der Waals surface area contributed by atoms with E-state index in [0.717, 1.165) is 45.1 Å². The standard InChI is InChI=1S/C16H25NO2.C15H23N3O3S.C12H17NO2/c1-14(13-15-9-5-3-6-10-15)17(2)12-8-4-7-11-16(18)19;1-10(17-2)7-11-3-5-12(6-4-11)21-8-14(19)18-13(9-22)15(16)20;1-10(13(2)9-12(14)15)8-11-6-4-3-5-7-11/h3,5-6,9-10,14H,4,7-8,11-13H2,1-2H3,(H,18,19);3-6,10,13,17,22H,7-9H2,1-2H3,(H2,16,20)(H,18,19);3-7,10H,8-9H2,1-2H3,(H,14,15)/t14-;10-,13-;10-/m000/s1. The molecule has 0 aliphatic rings. The smallest absolute Gasteiger partial charge is 0.317 e. The Kier molecular flexibility index (Phi) is 25.6.